The summed E-state index contributed by atoms with van der Waals surface area (Å²) < 4.78 is 60.9. The number of rotatable bonds is 6. The van der Waals surface area contributed by atoms with E-state index in [1.165, 1.54) is 16.9 Å². The van der Waals surface area contributed by atoms with Crippen LogP contribution in [0.2, 0.25) is 0 Å². The molecule has 9 nitrogen and oxygen atoms in total. The highest BCUT2D eigenvalue weighted by atomic mass is 19.4. The zero-order valence-electron chi connectivity index (χ0n) is 19.6. The number of aromatic nitrogens is 5. The van der Waals surface area contributed by atoms with Gasteiger partial charge in [0.05, 0.1) is 23.8 Å². The molecule has 190 valence electrons. The van der Waals surface area contributed by atoms with E-state index < -0.39 is 23.9 Å². The molecule has 0 spiro atoms. The van der Waals surface area contributed by atoms with E-state index in [2.05, 4.69) is 31.9 Å². The number of nitrogens with one attached hydrogen (secondary N) is 1. The van der Waals surface area contributed by atoms with Crippen LogP contribution in [-0.2, 0) is 12.7 Å². The van der Waals surface area contributed by atoms with E-state index in [0.29, 0.717) is 28.9 Å². The lowest BCUT2D eigenvalue weighted by atomic mass is 10.1. The Labute approximate surface area is 203 Å². The third kappa shape index (κ3) is 4.29. The van der Waals surface area contributed by atoms with Crippen molar-refractivity contribution in [2.75, 3.05) is 6.54 Å². The van der Waals surface area contributed by atoms with Gasteiger partial charge in [-0.2, -0.15) is 18.3 Å². The van der Waals surface area contributed by atoms with Crippen molar-refractivity contribution in [1.29, 1.82) is 0 Å². The molecule has 1 saturated carbocycles. The highest BCUT2D eigenvalue weighted by Gasteiger charge is 2.41. The largest absolute Gasteiger partial charge is 0.484 e. The minimum Gasteiger partial charge on any atom is -0.484 e. The van der Waals surface area contributed by atoms with Crippen molar-refractivity contribution in [3.05, 3.63) is 60.0 Å². The predicted octanol–water partition coefficient (Wildman–Crippen LogP) is 4.05. The van der Waals surface area contributed by atoms with Crippen LogP contribution in [0.3, 0.4) is 0 Å². The highest BCUT2D eigenvalue weighted by Crippen LogP contribution is 2.41. The van der Waals surface area contributed by atoms with Gasteiger partial charge in [0, 0.05) is 30.3 Å². The van der Waals surface area contributed by atoms with Gasteiger partial charge >= 0.3 is 6.18 Å². The molecule has 0 amide bonds. The lowest BCUT2D eigenvalue weighted by molar-refractivity contribution is -0.145. The zero-order chi connectivity index (χ0) is 25.8. The van der Waals surface area contributed by atoms with Gasteiger partial charge in [0.1, 0.15) is 22.9 Å². The maximum atomic E-state index is 14.6. The third-order valence-electron chi connectivity index (χ3n) is 6.36. The molecular weight excluding hydrogens is 480 g/mol. The fourth-order valence-electron chi connectivity index (χ4n) is 4.16. The molecule has 13 heteroatoms. The van der Waals surface area contributed by atoms with Crippen molar-refractivity contribution < 1.29 is 22.3 Å². The summed E-state index contributed by atoms with van der Waals surface area (Å²) >= 11 is 0. The summed E-state index contributed by atoms with van der Waals surface area (Å²) in [5, 5.41) is 11.2. The Balaban J connectivity index is 1.48. The second kappa shape index (κ2) is 8.35. The Kier molecular flexibility index (Phi) is 5.52. The molecule has 1 fully saturated rings. The predicted molar refractivity (Wildman–Crippen MR) is 123 cm³/mol. The number of hydrogen-bond acceptors (Lipinski definition) is 7. The van der Waals surface area contributed by atoms with Crippen molar-refractivity contribution in [1.82, 2.24) is 29.9 Å². The number of ether oxygens (including phenoxy) is 1. The van der Waals surface area contributed by atoms with E-state index >= 15 is 0 Å². The number of aliphatic imine (C=N–C) groups is 1. The van der Waals surface area contributed by atoms with E-state index in [4.69, 9.17) is 10.5 Å². The van der Waals surface area contributed by atoms with Crippen molar-refractivity contribution in [2.24, 2.45) is 10.7 Å². The molecule has 0 bridgehead atoms. The molecule has 5 rings (SSSR count). The first-order valence-corrected chi connectivity index (χ1v) is 11.3. The molecule has 1 aliphatic heterocycles. The van der Waals surface area contributed by atoms with Crippen molar-refractivity contribution in [3.8, 4) is 5.75 Å². The Morgan fingerprint density at radius 1 is 1.33 bits per heavy atom. The van der Waals surface area contributed by atoms with Gasteiger partial charge in [-0.25, -0.2) is 14.1 Å². The number of halogens is 4. The van der Waals surface area contributed by atoms with Crippen molar-refractivity contribution in [3.63, 3.8) is 0 Å². The van der Waals surface area contributed by atoms with Gasteiger partial charge in [-0.1, -0.05) is 6.58 Å². The summed E-state index contributed by atoms with van der Waals surface area (Å²) in [4.78, 5) is 9.69. The van der Waals surface area contributed by atoms with Crippen molar-refractivity contribution >= 4 is 16.6 Å². The first-order chi connectivity index (χ1) is 17.0. The SMILES string of the molecule is C=C/N=C(\C=C(/N)N1CCn2nc(C(F)(F)F)nc2C1C)c1n[nH]c2cc(F)c(OC3(C)CC3)cc12. The van der Waals surface area contributed by atoms with Gasteiger partial charge < -0.3 is 15.4 Å². The van der Waals surface area contributed by atoms with Gasteiger partial charge in [-0.05, 0) is 32.8 Å². The smallest absolute Gasteiger partial charge is 0.453 e. The molecule has 0 radical (unpaired) electrons. The maximum Gasteiger partial charge on any atom is 0.453 e. The molecule has 2 aliphatic rings. The Morgan fingerprint density at radius 3 is 2.75 bits per heavy atom. The fourth-order valence-corrected chi connectivity index (χ4v) is 4.16. The van der Waals surface area contributed by atoms with Crippen LogP contribution in [0.5, 0.6) is 5.75 Å². The van der Waals surface area contributed by atoms with E-state index in [1.807, 2.05) is 6.92 Å². The van der Waals surface area contributed by atoms with Gasteiger partial charge in [-0.3, -0.25) is 10.1 Å². The number of alkyl halides is 3. The van der Waals surface area contributed by atoms with Crippen molar-refractivity contribution in [2.45, 2.75) is 51.1 Å². The lowest BCUT2D eigenvalue weighted by Gasteiger charge is -2.34. The molecule has 3 aromatic rings. The summed E-state index contributed by atoms with van der Waals surface area (Å²) in [5.74, 6) is -1.18. The molecule has 36 heavy (non-hydrogen) atoms. The highest BCUT2D eigenvalue weighted by molar-refractivity contribution is 6.15. The summed E-state index contributed by atoms with van der Waals surface area (Å²) in [6.45, 7) is 7.74. The minimum absolute atomic E-state index is 0.115. The number of aromatic amines is 1. The average Bonchev–Trinajstić information content (AvgIpc) is 3.19. The quantitative estimate of drug-likeness (QED) is 0.387. The fraction of sp³-hybridized carbons (Fsp3) is 0.391. The monoisotopic (exact) mass is 504 g/mol. The van der Waals surface area contributed by atoms with Crippen LogP contribution in [0.25, 0.3) is 10.9 Å². The van der Waals surface area contributed by atoms with Gasteiger partial charge in [0.25, 0.3) is 5.82 Å². The first kappa shape index (κ1) is 23.8. The number of allylic oxidation sites excluding steroid dienone is 1. The van der Waals surface area contributed by atoms with Gasteiger partial charge in [0.2, 0.25) is 0 Å². The molecule has 1 atom stereocenters. The van der Waals surface area contributed by atoms with E-state index in [-0.39, 0.29) is 29.5 Å². The molecule has 1 aliphatic carbocycles. The second-order valence-corrected chi connectivity index (χ2v) is 9.10. The summed E-state index contributed by atoms with van der Waals surface area (Å²) in [6.07, 6.45) is -0.0803. The summed E-state index contributed by atoms with van der Waals surface area (Å²) in [5.41, 5.74) is 7.18. The average molecular weight is 504 g/mol. The molecular formula is C23H24F4N8O. The van der Waals surface area contributed by atoms with Crippen LogP contribution >= 0.6 is 0 Å². The van der Waals surface area contributed by atoms with Crippen LogP contribution in [0, 0.1) is 5.82 Å². The number of nitrogens with two attached hydrogens (primary N) is 1. The maximum absolute atomic E-state index is 14.6. The number of hydrogen-bond donors (Lipinski definition) is 2. The number of fused-ring (bicyclic) bond motifs is 2. The van der Waals surface area contributed by atoms with Crippen LogP contribution in [0.1, 0.15) is 50.1 Å². The minimum atomic E-state index is -4.64. The zero-order valence-corrected chi connectivity index (χ0v) is 19.6. The molecule has 1 aromatic carbocycles. The molecule has 0 saturated heterocycles. The summed E-state index contributed by atoms with van der Waals surface area (Å²) in [7, 11) is 0. The van der Waals surface area contributed by atoms with Gasteiger partial charge in [-0.15, -0.1) is 5.10 Å². The summed E-state index contributed by atoms with van der Waals surface area (Å²) in [6, 6.07) is 2.30. The Morgan fingerprint density at radius 2 is 2.08 bits per heavy atom. The van der Waals surface area contributed by atoms with E-state index in [0.717, 1.165) is 12.8 Å². The normalized spacial score (nSPS) is 19.9. The number of H-pyrrole nitrogens is 1. The topological polar surface area (TPSA) is 110 Å². The number of benzene rings is 1. The lowest BCUT2D eigenvalue weighted by Crippen LogP contribution is -2.39. The van der Waals surface area contributed by atoms with Crippen LogP contribution in [-0.4, -0.2) is 47.7 Å². The molecule has 2 aromatic heterocycles. The number of nitrogens with zero attached hydrogens (tertiary/aromatic N) is 6. The Bertz CT molecular complexity index is 1400. The molecule has 1 unspecified atom stereocenters. The Hall–Kier alpha value is -3.90. The van der Waals surface area contributed by atoms with Crippen LogP contribution < -0.4 is 10.5 Å². The third-order valence-corrected chi connectivity index (χ3v) is 6.36. The van der Waals surface area contributed by atoms with Crippen LogP contribution in [0.4, 0.5) is 17.6 Å². The van der Waals surface area contributed by atoms with Gasteiger partial charge in [0.15, 0.2) is 11.6 Å². The standard InChI is InChI=1S/C23H24F4N8O/c1-4-29-16(19-13-9-17(36-22(3)5-6-22)14(24)10-15(13)31-32-19)11-18(28)34-7-8-35-20(12(34)2)30-21(33-35)23(25,26)27/h4,9-12H,1,5-8,28H2,2-3H3,(H,31,32)/b18-11+,29-16+. The van der Waals surface area contributed by atoms with E-state index in [9.17, 15) is 17.6 Å². The first-order valence-electron chi connectivity index (χ1n) is 11.3. The van der Waals surface area contributed by atoms with E-state index in [1.54, 1.807) is 24.0 Å². The molecule has 3 N–H and O–H groups in total. The second-order valence-electron chi connectivity index (χ2n) is 9.10. The molecule has 3 heterocycles. The van der Waals surface area contributed by atoms with Crippen LogP contribution in [0.15, 0.2) is 41.8 Å².